The van der Waals surface area contributed by atoms with Crippen LogP contribution in [-0.4, -0.2) is 19.5 Å². The van der Waals surface area contributed by atoms with Crippen molar-refractivity contribution in [1.29, 1.82) is 0 Å². The SMILES string of the molecule is C.CCc1nc(C(C)C)c(C)[nH]1.CCn1cc(C(C)C)nc1C. The molecule has 2 rings (SSSR count). The molecule has 0 saturated heterocycles. The maximum Gasteiger partial charge on any atom is 0.106 e. The van der Waals surface area contributed by atoms with Gasteiger partial charge in [-0.1, -0.05) is 42.0 Å². The highest BCUT2D eigenvalue weighted by atomic mass is 15.1. The van der Waals surface area contributed by atoms with Gasteiger partial charge >= 0.3 is 0 Å². The Morgan fingerprint density at radius 3 is 1.91 bits per heavy atom. The Bertz CT molecular complexity index is 576. The Morgan fingerprint density at radius 2 is 1.65 bits per heavy atom. The molecule has 0 saturated carbocycles. The van der Waals surface area contributed by atoms with Gasteiger partial charge in [0.05, 0.1) is 11.4 Å². The van der Waals surface area contributed by atoms with Crippen molar-refractivity contribution in [2.75, 3.05) is 0 Å². The van der Waals surface area contributed by atoms with Gasteiger partial charge in [-0.25, -0.2) is 9.97 Å². The van der Waals surface area contributed by atoms with Crippen LogP contribution in [0.4, 0.5) is 0 Å². The zero-order valence-corrected chi connectivity index (χ0v) is 15.5. The Balaban J connectivity index is 0.000000403. The summed E-state index contributed by atoms with van der Waals surface area (Å²) in [7, 11) is 0. The number of hydrogen-bond donors (Lipinski definition) is 1. The minimum Gasteiger partial charge on any atom is -0.346 e. The van der Waals surface area contributed by atoms with E-state index in [2.05, 4.69) is 81.1 Å². The number of nitrogens with one attached hydrogen (secondary N) is 1. The third-order valence-corrected chi connectivity index (χ3v) is 3.78. The van der Waals surface area contributed by atoms with Crippen LogP contribution < -0.4 is 0 Å². The van der Waals surface area contributed by atoms with Crippen molar-refractivity contribution < 1.29 is 0 Å². The second kappa shape index (κ2) is 9.53. The van der Waals surface area contributed by atoms with Crippen molar-refractivity contribution in [2.45, 2.75) is 87.6 Å². The minimum absolute atomic E-state index is 0. The minimum atomic E-state index is 0. The van der Waals surface area contributed by atoms with Crippen molar-refractivity contribution in [2.24, 2.45) is 0 Å². The first kappa shape index (κ1) is 21.4. The molecule has 1 N–H and O–H groups in total. The van der Waals surface area contributed by atoms with E-state index in [1.807, 2.05) is 0 Å². The smallest absolute Gasteiger partial charge is 0.106 e. The van der Waals surface area contributed by atoms with E-state index in [1.165, 1.54) is 17.1 Å². The Hall–Kier alpha value is -1.58. The van der Waals surface area contributed by atoms with Gasteiger partial charge in [-0.15, -0.1) is 0 Å². The molecule has 2 aromatic rings. The van der Waals surface area contributed by atoms with E-state index < -0.39 is 0 Å². The van der Waals surface area contributed by atoms with E-state index in [1.54, 1.807) is 0 Å². The molecule has 0 aliphatic carbocycles. The van der Waals surface area contributed by atoms with Crippen LogP contribution in [0.25, 0.3) is 0 Å². The normalized spacial score (nSPS) is 10.5. The molecule has 0 fully saturated rings. The average molecular weight is 321 g/mol. The monoisotopic (exact) mass is 320 g/mol. The molecule has 132 valence electrons. The van der Waals surface area contributed by atoms with Crippen LogP contribution in [0.3, 0.4) is 0 Å². The molecule has 0 unspecified atom stereocenters. The molecular formula is C19H36N4. The number of hydrogen-bond acceptors (Lipinski definition) is 2. The quantitative estimate of drug-likeness (QED) is 0.822. The second-order valence-electron chi connectivity index (χ2n) is 6.36. The largest absolute Gasteiger partial charge is 0.346 e. The Labute approximate surface area is 142 Å². The van der Waals surface area contributed by atoms with Crippen LogP contribution in [0.15, 0.2) is 6.20 Å². The van der Waals surface area contributed by atoms with Gasteiger partial charge in [-0.2, -0.15) is 0 Å². The summed E-state index contributed by atoms with van der Waals surface area (Å²) in [5, 5.41) is 0. The van der Waals surface area contributed by atoms with E-state index in [9.17, 15) is 0 Å². The summed E-state index contributed by atoms with van der Waals surface area (Å²) < 4.78 is 2.18. The van der Waals surface area contributed by atoms with Gasteiger partial charge in [0.25, 0.3) is 0 Å². The van der Waals surface area contributed by atoms with Crippen molar-refractivity contribution in [1.82, 2.24) is 19.5 Å². The third-order valence-electron chi connectivity index (χ3n) is 3.78. The number of aryl methyl sites for hydroxylation is 4. The summed E-state index contributed by atoms with van der Waals surface area (Å²) in [6, 6.07) is 0. The number of rotatable bonds is 4. The summed E-state index contributed by atoms with van der Waals surface area (Å²) in [6.07, 6.45) is 3.13. The maximum atomic E-state index is 4.47. The summed E-state index contributed by atoms with van der Waals surface area (Å²) in [4.78, 5) is 12.2. The van der Waals surface area contributed by atoms with E-state index in [0.29, 0.717) is 11.8 Å². The molecule has 4 nitrogen and oxygen atoms in total. The fraction of sp³-hybridized carbons (Fsp3) is 0.684. The van der Waals surface area contributed by atoms with Gasteiger partial charge in [-0.05, 0) is 32.6 Å². The van der Waals surface area contributed by atoms with Gasteiger partial charge in [0.2, 0.25) is 0 Å². The fourth-order valence-corrected chi connectivity index (χ4v) is 2.40. The van der Waals surface area contributed by atoms with Crippen molar-refractivity contribution in [3.63, 3.8) is 0 Å². The lowest BCUT2D eigenvalue weighted by Gasteiger charge is -1.99. The van der Waals surface area contributed by atoms with Crippen molar-refractivity contribution >= 4 is 0 Å². The predicted octanol–water partition coefficient (Wildman–Crippen LogP) is 5.37. The molecule has 4 heteroatoms. The first-order valence-corrected chi connectivity index (χ1v) is 8.39. The first-order valence-electron chi connectivity index (χ1n) is 8.39. The Kier molecular flexibility index (Phi) is 8.88. The molecular weight excluding hydrogens is 284 g/mol. The summed E-state index contributed by atoms with van der Waals surface area (Å²) >= 11 is 0. The van der Waals surface area contributed by atoms with Gasteiger partial charge in [0.15, 0.2) is 0 Å². The highest BCUT2D eigenvalue weighted by Gasteiger charge is 2.08. The van der Waals surface area contributed by atoms with Crippen LogP contribution in [0.2, 0.25) is 0 Å². The summed E-state index contributed by atoms with van der Waals surface area (Å²) in [5.41, 5.74) is 3.63. The van der Waals surface area contributed by atoms with E-state index in [0.717, 1.165) is 24.6 Å². The number of aromatic amines is 1. The first-order chi connectivity index (χ1) is 10.3. The topological polar surface area (TPSA) is 46.5 Å². The van der Waals surface area contributed by atoms with E-state index in [4.69, 9.17) is 0 Å². The van der Waals surface area contributed by atoms with Gasteiger partial charge in [0.1, 0.15) is 11.6 Å². The standard InChI is InChI=1S/2C9H16N2.CH4/c1-5-11-6-9(7(2)3)10-8(11)4;1-5-8-10-7(4)9(11-8)6(2)3;/h6-7H,5H2,1-4H3;6H,5H2,1-4H3,(H,10,11);1H4. The molecule has 23 heavy (non-hydrogen) atoms. The third kappa shape index (κ3) is 5.85. The summed E-state index contributed by atoms with van der Waals surface area (Å²) in [6.45, 7) is 18.1. The van der Waals surface area contributed by atoms with Crippen LogP contribution >= 0.6 is 0 Å². The lowest BCUT2D eigenvalue weighted by molar-refractivity contribution is 0.729. The predicted molar refractivity (Wildman–Crippen MR) is 100 cm³/mol. The molecule has 2 aromatic heterocycles. The second-order valence-corrected chi connectivity index (χ2v) is 6.36. The number of aromatic nitrogens is 4. The highest BCUT2D eigenvalue weighted by molar-refractivity contribution is 5.16. The lowest BCUT2D eigenvalue weighted by Crippen LogP contribution is -1.93. The van der Waals surface area contributed by atoms with Crippen LogP contribution in [0, 0.1) is 13.8 Å². The van der Waals surface area contributed by atoms with E-state index >= 15 is 0 Å². The average Bonchev–Trinajstić information content (AvgIpc) is 3.02. The number of imidazole rings is 2. The van der Waals surface area contributed by atoms with Gasteiger partial charge < -0.3 is 9.55 Å². The molecule has 2 heterocycles. The summed E-state index contributed by atoms with van der Waals surface area (Å²) in [5.74, 6) is 3.30. The van der Waals surface area contributed by atoms with E-state index in [-0.39, 0.29) is 7.43 Å². The van der Waals surface area contributed by atoms with Crippen LogP contribution in [0.5, 0.6) is 0 Å². The number of H-pyrrole nitrogens is 1. The maximum absolute atomic E-state index is 4.47. The number of nitrogens with zero attached hydrogens (tertiary/aromatic N) is 3. The van der Waals surface area contributed by atoms with Crippen LogP contribution in [0.1, 0.15) is 89.5 Å². The Morgan fingerprint density at radius 1 is 1.04 bits per heavy atom. The molecule has 0 spiro atoms. The zero-order valence-electron chi connectivity index (χ0n) is 15.5. The molecule has 0 aromatic carbocycles. The molecule has 0 bridgehead atoms. The molecule has 0 aliphatic rings. The zero-order chi connectivity index (χ0) is 16.9. The van der Waals surface area contributed by atoms with Gasteiger partial charge in [-0.3, -0.25) is 0 Å². The van der Waals surface area contributed by atoms with Crippen molar-refractivity contribution in [3.8, 4) is 0 Å². The highest BCUT2D eigenvalue weighted by Crippen LogP contribution is 2.16. The molecule has 0 atom stereocenters. The van der Waals surface area contributed by atoms with Crippen molar-refractivity contribution in [3.05, 3.63) is 34.9 Å². The lowest BCUT2D eigenvalue weighted by atomic mass is 10.1. The molecule has 0 amide bonds. The van der Waals surface area contributed by atoms with Crippen LogP contribution in [-0.2, 0) is 13.0 Å². The molecule has 0 radical (unpaired) electrons. The molecule has 0 aliphatic heterocycles. The fourth-order valence-electron chi connectivity index (χ4n) is 2.40. The van der Waals surface area contributed by atoms with Gasteiger partial charge in [0, 0.05) is 24.9 Å².